The molecule has 0 amide bonds. The molecule has 0 saturated heterocycles. The molecule has 0 saturated carbocycles. The molecule has 0 spiro atoms. The van der Waals surface area contributed by atoms with Gasteiger partial charge in [-0.3, -0.25) is 0 Å². The predicted octanol–water partition coefficient (Wildman–Crippen LogP) is 5.46. The monoisotopic (exact) mass is 391 g/mol. The normalized spacial score (nSPS) is 11.5. The quantitative estimate of drug-likeness (QED) is 0.627. The van der Waals surface area contributed by atoms with Gasteiger partial charge in [0.05, 0.1) is 9.79 Å². The Kier molecular flexibility index (Phi) is 5.18. The number of aryl methyl sites for hydroxylation is 1. The fourth-order valence-electron chi connectivity index (χ4n) is 2.56. The van der Waals surface area contributed by atoms with E-state index in [-0.39, 0.29) is 4.90 Å². The molecule has 1 aromatic heterocycles. The summed E-state index contributed by atoms with van der Waals surface area (Å²) < 4.78 is 25.7. The molecule has 1 heterocycles. The predicted molar refractivity (Wildman–Crippen MR) is 104 cm³/mol. The Bertz CT molecular complexity index is 993. The molecular weight excluding hydrogens is 374 g/mol. The number of rotatable bonds is 5. The van der Waals surface area contributed by atoms with E-state index in [1.165, 1.54) is 16.9 Å². The molecule has 2 aromatic carbocycles. The van der Waals surface area contributed by atoms with Crippen molar-refractivity contribution in [2.75, 3.05) is 5.32 Å². The molecule has 0 aliphatic carbocycles. The summed E-state index contributed by atoms with van der Waals surface area (Å²) >= 11 is 7.31. The van der Waals surface area contributed by atoms with Crippen molar-refractivity contribution >= 4 is 38.5 Å². The van der Waals surface area contributed by atoms with Gasteiger partial charge in [-0.2, -0.15) is 0 Å². The highest BCUT2D eigenvalue weighted by Crippen LogP contribution is 2.31. The van der Waals surface area contributed by atoms with Crippen LogP contribution >= 0.6 is 22.9 Å². The van der Waals surface area contributed by atoms with Crippen LogP contribution in [0.15, 0.2) is 63.7 Å². The van der Waals surface area contributed by atoms with E-state index >= 15 is 0 Å². The van der Waals surface area contributed by atoms with E-state index in [0.717, 1.165) is 16.1 Å². The van der Waals surface area contributed by atoms with Gasteiger partial charge in [-0.15, -0.1) is 11.3 Å². The Morgan fingerprint density at radius 3 is 2.48 bits per heavy atom. The average Bonchev–Trinajstić information content (AvgIpc) is 2.95. The van der Waals surface area contributed by atoms with Crippen LogP contribution in [0.4, 0.5) is 5.69 Å². The Morgan fingerprint density at radius 2 is 1.80 bits per heavy atom. The average molecular weight is 392 g/mol. The minimum absolute atomic E-state index is 0.260. The van der Waals surface area contributed by atoms with Crippen molar-refractivity contribution < 1.29 is 8.42 Å². The van der Waals surface area contributed by atoms with Crippen molar-refractivity contribution in [1.82, 2.24) is 0 Å². The highest BCUT2D eigenvalue weighted by Gasteiger charge is 2.22. The summed E-state index contributed by atoms with van der Waals surface area (Å²) in [4.78, 5) is 1.63. The number of anilines is 1. The van der Waals surface area contributed by atoms with Gasteiger partial charge in [0.15, 0.2) is 0 Å². The Hall–Kier alpha value is -1.82. The topological polar surface area (TPSA) is 46.2 Å². The van der Waals surface area contributed by atoms with Gasteiger partial charge in [0, 0.05) is 27.5 Å². The van der Waals surface area contributed by atoms with Crippen LogP contribution in [0.25, 0.3) is 0 Å². The van der Waals surface area contributed by atoms with E-state index in [2.05, 4.69) is 11.4 Å². The lowest BCUT2D eigenvalue weighted by molar-refractivity contribution is 0.596. The Morgan fingerprint density at radius 1 is 1.08 bits per heavy atom. The Balaban J connectivity index is 1.84. The summed E-state index contributed by atoms with van der Waals surface area (Å²) in [5.74, 6) is 0. The molecule has 0 fully saturated rings. The molecule has 6 heteroatoms. The molecule has 3 nitrogen and oxygen atoms in total. The van der Waals surface area contributed by atoms with Gasteiger partial charge >= 0.3 is 0 Å². The molecule has 0 atom stereocenters. The third-order valence-electron chi connectivity index (χ3n) is 3.98. The first kappa shape index (κ1) is 18.0. The summed E-state index contributed by atoms with van der Waals surface area (Å²) in [5, 5.41) is 5.59. The van der Waals surface area contributed by atoms with Crippen LogP contribution in [0.5, 0.6) is 0 Å². The third-order valence-corrected chi connectivity index (χ3v) is 7.37. The van der Waals surface area contributed by atoms with E-state index in [1.54, 1.807) is 29.6 Å². The second-order valence-corrected chi connectivity index (χ2v) is 9.15. The van der Waals surface area contributed by atoms with E-state index in [4.69, 9.17) is 11.6 Å². The second kappa shape index (κ2) is 7.20. The number of sulfone groups is 1. The van der Waals surface area contributed by atoms with Gasteiger partial charge in [0.1, 0.15) is 0 Å². The SMILES string of the molecule is Cc1cccc(NCc2scc(S(=O)(=O)c3ccc(Cl)cc3)c2C)c1. The second-order valence-electron chi connectivity index (χ2n) is 5.83. The molecule has 0 bridgehead atoms. The van der Waals surface area contributed by atoms with Crippen LogP contribution in [-0.2, 0) is 16.4 Å². The van der Waals surface area contributed by atoms with Crippen molar-refractivity contribution in [3.05, 3.63) is 74.9 Å². The Labute approximate surface area is 157 Å². The van der Waals surface area contributed by atoms with E-state index in [0.29, 0.717) is 16.5 Å². The van der Waals surface area contributed by atoms with Gasteiger partial charge in [0.25, 0.3) is 0 Å². The summed E-state index contributed by atoms with van der Waals surface area (Å²) in [6.45, 7) is 4.49. The molecule has 0 unspecified atom stereocenters. The standard InChI is InChI=1S/C19H18ClNO2S2/c1-13-4-3-5-16(10-13)21-11-18-14(2)19(12-24-18)25(22,23)17-8-6-15(20)7-9-17/h3-10,12,21H,11H2,1-2H3. The highest BCUT2D eigenvalue weighted by atomic mass is 35.5. The van der Waals surface area contributed by atoms with Gasteiger partial charge in [-0.25, -0.2) is 8.42 Å². The summed E-state index contributed by atoms with van der Waals surface area (Å²) in [6.07, 6.45) is 0. The largest absolute Gasteiger partial charge is 0.380 e. The zero-order valence-corrected chi connectivity index (χ0v) is 16.3. The molecule has 3 rings (SSSR count). The number of benzene rings is 2. The minimum Gasteiger partial charge on any atom is -0.380 e. The van der Waals surface area contributed by atoms with Crippen LogP contribution in [0.2, 0.25) is 5.02 Å². The summed E-state index contributed by atoms with van der Waals surface area (Å²) in [7, 11) is -3.53. The molecule has 0 aliphatic rings. The first-order chi connectivity index (χ1) is 11.9. The number of hydrogen-bond acceptors (Lipinski definition) is 4. The zero-order chi connectivity index (χ0) is 18.0. The van der Waals surface area contributed by atoms with Crippen molar-refractivity contribution in [2.24, 2.45) is 0 Å². The van der Waals surface area contributed by atoms with Crippen molar-refractivity contribution in [3.63, 3.8) is 0 Å². The smallest absolute Gasteiger partial charge is 0.207 e. The summed E-state index contributed by atoms with van der Waals surface area (Å²) in [5.41, 5.74) is 2.99. The van der Waals surface area contributed by atoms with Crippen molar-refractivity contribution in [1.29, 1.82) is 0 Å². The molecule has 0 aliphatic heterocycles. The fourth-order valence-corrected chi connectivity index (χ4v) is 5.54. The maximum atomic E-state index is 12.8. The minimum atomic E-state index is -3.53. The first-order valence-corrected chi connectivity index (χ1v) is 10.5. The van der Waals surface area contributed by atoms with Gasteiger partial charge in [0.2, 0.25) is 9.84 Å². The van der Waals surface area contributed by atoms with E-state index < -0.39 is 9.84 Å². The highest BCUT2D eigenvalue weighted by molar-refractivity contribution is 7.91. The zero-order valence-electron chi connectivity index (χ0n) is 13.9. The lowest BCUT2D eigenvalue weighted by Crippen LogP contribution is -2.04. The number of halogens is 1. The molecule has 1 N–H and O–H groups in total. The van der Waals surface area contributed by atoms with Crippen molar-refractivity contribution in [3.8, 4) is 0 Å². The molecule has 3 aromatic rings. The van der Waals surface area contributed by atoms with Gasteiger partial charge in [-0.05, 0) is 61.4 Å². The summed E-state index contributed by atoms with van der Waals surface area (Å²) in [6, 6.07) is 14.4. The number of thiophene rings is 1. The maximum Gasteiger partial charge on any atom is 0.207 e. The van der Waals surface area contributed by atoms with Crippen LogP contribution < -0.4 is 5.32 Å². The van der Waals surface area contributed by atoms with Gasteiger partial charge < -0.3 is 5.32 Å². The van der Waals surface area contributed by atoms with Crippen LogP contribution in [0, 0.1) is 13.8 Å². The number of nitrogens with one attached hydrogen (secondary N) is 1. The molecule has 0 radical (unpaired) electrons. The third kappa shape index (κ3) is 3.89. The lowest BCUT2D eigenvalue weighted by atomic mass is 10.2. The lowest BCUT2D eigenvalue weighted by Gasteiger charge is -2.08. The van der Waals surface area contributed by atoms with Crippen LogP contribution in [0.3, 0.4) is 0 Å². The number of hydrogen-bond donors (Lipinski definition) is 1. The van der Waals surface area contributed by atoms with Crippen molar-refractivity contribution in [2.45, 2.75) is 30.2 Å². The van der Waals surface area contributed by atoms with Crippen LogP contribution in [-0.4, -0.2) is 8.42 Å². The molecule has 130 valence electrons. The van der Waals surface area contributed by atoms with E-state index in [1.807, 2.05) is 32.0 Å². The molecule has 25 heavy (non-hydrogen) atoms. The molecular formula is C19H18ClNO2S2. The fraction of sp³-hybridized carbons (Fsp3) is 0.158. The van der Waals surface area contributed by atoms with Crippen LogP contribution in [0.1, 0.15) is 16.0 Å². The van der Waals surface area contributed by atoms with E-state index in [9.17, 15) is 8.42 Å². The van der Waals surface area contributed by atoms with Gasteiger partial charge in [-0.1, -0.05) is 23.7 Å². The maximum absolute atomic E-state index is 12.8. The first-order valence-electron chi connectivity index (χ1n) is 7.76.